The number of aromatic amines is 1. The second-order valence-electron chi connectivity index (χ2n) is 7.82. The Morgan fingerprint density at radius 3 is 2.64 bits per heavy atom. The fourth-order valence-corrected chi connectivity index (χ4v) is 3.73. The lowest BCUT2D eigenvalue weighted by atomic mass is 10.1. The summed E-state index contributed by atoms with van der Waals surface area (Å²) in [4.78, 5) is 17.2. The van der Waals surface area contributed by atoms with Crippen LogP contribution in [0.15, 0.2) is 53.3 Å². The number of rotatable bonds is 9. The predicted molar refractivity (Wildman–Crippen MR) is 126 cm³/mol. The third-order valence-electron chi connectivity index (χ3n) is 5.28. The predicted octanol–water partition coefficient (Wildman–Crippen LogP) is 4.36. The molecule has 0 saturated carbocycles. The second-order valence-corrected chi connectivity index (χ2v) is 8.22. The van der Waals surface area contributed by atoms with Crippen LogP contribution in [0.25, 0.3) is 11.4 Å². The zero-order chi connectivity index (χ0) is 23.2. The van der Waals surface area contributed by atoms with E-state index in [1.54, 1.807) is 16.7 Å². The first-order valence-electron chi connectivity index (χ1n) is 10.8. The summed E-state index contributed by atoms with van der Waals surface area (Å²) >= 11 is 6.40. The van der Waals surface area contributed by atoms with Crippen molar-refractivity contribution in [1.82, 2.24) is 30.2 Å². The second kappa shape index (κ2) is 10.4. The number of nitrogens with zero attached hydrogens (tertiary/aromatic N) is 5. The average Bonchev–Trinajstić information content (AvgIpc) is 3.35. The molecule has 0 aliphatic rings. The first-order chi connectivity index (χ1) is 16.0. The largest absolute Gasteiger partial charge is 0.489 e. The molecule has 0 aliphatic heterocycles. The van der Waals surface area contributed by atoms with Gasteiger partial charge in [0.15, 0.2) is 0 Å². The first-order valence-corrected chi connectivity index (χ1v) is 11.2. The molecule has 0 atom stereocenters. The molecule has 1 N–H and O–H groups in total. The summed E-state index contributed by atoms with van der Waals surface area (Å²) in [6, 6.07) is 14.9. The maximum atomic E-state index is 12.6. The third-order valence-corrected chi connectivity index (χ3v) is 5.64. The number of nitrogens with one attached hydrogen (secondary N) is 1. The van der Waals surface area contributed by atoms with Crippen LogP contribution in [0.2, 0.25) is 5.02 Å². The molecule has 4 rings (SSSR count). The number of hydrogen-bond acceptors (Lipinski definition) is 6. The Morgan fingerprint density at radius 1 is 1.12 bits per heavy atom. The summed E-state index contributed by atoms with van der Waals surface area (Å²) in [5.41, 5.74) is 3.38. The average molecular weight is 465 g/mol. The van der Waals surface area contributed by atoms with Gasteiger partial charge in [-0.2, -0.15) is 5.21 Å². The van der Waals surface area contributed by atoms with E-state index in [2.05, 4.69) is 32.5 Å². The van der Waals surface area contributed by atoms with Gasteiger partial charge in [0, 0.05) is 34.3 Å². The number of halogens is 1. The lowest BCUT2D eigenvalue weighted by Crippen LogP contribution is -2.25. The molecule has 9 heteroatoms. The van der Waals surface area contributed by atoms with Crippen molar-refractivity contribution in [2.24, 2.45) is 0 Å². The number of benzene rings is 2. The highest BCUT2D eigenvalue weighted by Crippen LogP contribution is 2.24. The van der Waals surface area contributed by atoms with E-state index in [9.17, 15) is 4.79 Å². The summed E-state index contributed by atoms with van der Waals surface area (Å²) in [6.07, 6.45) is 2.85. The molecule has 170 valence electrons. The van der Waals surface area contributed by atoms with Gasteiger partial charge in [-0.1, -0.05) is 49.2 Å². The van der Waals surface area contributed by atoms with Crippen molar-refractivity contribution in [2.75, 3.05) is 0 Å². The van der Waals surface area contributed by atoms with Gasteiger partial charge in [0.1, 0.15) is 18.2 Å². The topological polar surface area (TPSA) is 98.6 Å². The fraction of sp³-hybridized carbons (Fsp3) is 0.292. The molecule has 2 aromatic carbocycles. The number of aryl methyl sites for hydroxylation is 2. The van der Waals surface area contributed by atoms with Crippen molar-refractivity contribution < 1.29 is 4.74 Å². The zero-order valence-corrected chi connectivity index (χ0v) is 19.3. The van der Waals surface area contributed by atoms with Crippen LogP contribution in [0, 0.1) is 6.92 Å². The van der Waals surface area contributed by atoms with E-state index in [0.717, 1.165) is 53.2 Å². The van der Waals surface area contributed by atoms with Gasteiger partial charge in [-0.15, -0.1) is 10.2 Å². The van der Waals surface area contributed by atoms with E-state index in [4.69, 9.17) is 16.3 Å². The minimum Gasteiger partial charge on any atom is -0.489 e. The first kappa shape index (κ1) is 22.7. The Balaban J connectivity index is 1.42. The number of ether oxygens (including phenoxy) is 1. The highest BCUT2D eigenvalue weighted by atomic mass is 35.5. The Labute approximate surface area is 196 Å². The summed E-state index contributed by atoms with van der Waals surface area (Å²) in [5, 5.41) is 14.5. The quantitative estimate of drug-likeness (QED) is 0.395. The van der Waals surface area contributed by atoms with E-state index in [1.165, 1.54) is 0 Å². The molecule has 2 aromatic heterocycles. The Kier molecular flexibility index (Phi) is 7.14. The molecule has 8 nitrogen and oxygen atoms in total. The maximum absolute atomic E-state index is 12.6. The Hall–Kier alpha value is -3.52. The molecule has 0 fully saturated rings. The zero-order valence-electron chi connectivity index (χ0n) is 18.6. The molecular formula is C24H25ClN6O2. The molecule has 0 spiro atoms. The summed E-state index contributed by atoms with van der Waals surface area (Å²) < 4.78 is 7.66. The SMILES string of the molecule is CCCCc1nc(C)cc(=O)n1Cc1ccc(OCc2ccc(-c3nn[nH]n3)cc2Cl)cc1. The van der Waals surface area contributed by atoms with Crippen LogP contribution in [0.3, 0.4) is 0 Å². The van der Waals surface area contributed by atoms with Crippen LogP contribution >= 0.6 is 11.6 Å². The minimum atomic E-state index is -0.0205. The van der Waals surface area contributed by atoms with Crippen LogP contribution in [0.5, 0.6) is 5.75 Å². The van der Waals surface area contributed by atoms with Crippen LogP contribution in [-0.4, -0.2) is 30.2 Å². The van der Waals surface area contributed by atoms with Gasteiger partial charge in [-0.25, -0.2) is 4.98 Å². The van der Waals surface area contributed by atoms with Gasteiger partial charge in [0.25, 0.3) is 5.56 Å². The highest BCUT2D eigenvalue weighted by molar-refractivity contribution is 6.31. The number of tetrazole rings is 1. The van der Waals surface area contributed by atoms with Crippen molar-refractivity contribution in [3.05, 3.63) is 86.6 Å². The van der Waals surface area contributed by atoms with Crippen LogP contribution < -0.4 is 10.3 Å². The minimum absolute atomic E-state index is 0.0205. The molecule has 0 saturated heterocycles. The normalized spacial score (nSPS) is 11.0. The number of hydrogen-bond donors (Lipinski definition) is 1. The van der Waals surface area contributed by atoms with Crippen molar-refractivity contribution in [3.8, 4) is 17.1 Å². The molecule has 2 heterocycles. The third kappa shape index (κ3) is 5.64. The monoisotopic (exact) mass is 464 g/mol. The standard InChI is InChI=1S/C24H25ClN6O2/c1-3-4-5-22-26-16(2)12-23(32)31(22)14-17-6-10-20(11-7-17)33-15-19-9-8-18(13-21(19)25)24-27-29-30-28-24/h6-13H,3-5,14-15H2,1-2H3,(H,27,28,29,30). The number of unbranched alkanes of at least 4 members (excludes halogenated alkanes) is 1. The van der Waals surface area contributed by atoms with Gasteiger partial charge >= 0.3 is 0 Å². The Bertz CT molecular complexity index is 1270. The van der Waals surface area contributed by atoms with Gasteiger partial charge in [0.05, 0.1) is 6.54 Å². The van der Waals surface area contributed by atoms with Gasteiger partial charge in [-0.05, 0) is 42.3 Å². The van der Waals surface area contributed by atoms with Gasteiger partial charge < -0.3 is 4.74 Å². The Morgan fingerprint density at radius 2 is 1.94 bits per heavy atom. The lowest BCUT2D eigenvalue weighted by molar-refractivity contribution is 0.306. The lowest BCUT2D eigenvalue weighted by Gasteiger charge is -2.13. The van der Waals surface area contributed by atoms with Gasteiger partial charge in [-0.3, -0.25) is 9.36 Å². The fourth-order valence-electron chi connectivity index (χ4n) is 3.50. The van der Waals surface area contributed by atoms with Crippen LogP contribution in [-0.2, 0) is 19.6 Å². The van der Waals surface area contributed by atoms with Gasteiger partial charge in [0.2, 0.25) is 5.82 Å². The molecule has 0 bridgehead atoms. The van der Waals surface area contributed by atoms with Crippen molar-refractivity contribution in [3.63, 3.8) is 0 Å². The van der Waals surface area contributed by atoms with E-state index in [0.29, 0.717) is 24.0 Å². The maximum Gasteiger partial charge on any atom is 0.254 e. The molecule has 0 amide bonds. The highest BCUT2D eigenvalue weighted by Gasteiger charge is 2.10. The molecule has 33 heavy (non-hydrogen) atoms. The van der Waals surface area contributed by atoms with Crippen molar-refractivity contribution in [1.29, 1.82) is 0 Å². The molecule has 0 aliphatic carbocycles. The van der Waals surface area contributed by atoms with Crippen LogP contribution in [0.1, 0.15) is 42.4 Å². The smallest absolute Gasteiger partial charge is 0.254 e. The molecule has 4 aromatic rings. The van der Waals surface area contributed by atoms with Crippen LogP contribution in [0.4, 0.5) is 0 Å². The van der Waals surface area contributed by atoms with E-state index in [1.807, 2.05) is 43.3 Å². The summed E-state index contributed by atoms with van der Waals surface area (Å²) in [7, 11) is 0. The van der Waals surface area contributed by atoms with Crippen molar-refractivity contribution in [2.45, 2.75) is 46.3 Å². The summed E-state index contributed by atoms with van der Waals surface area (Å²) in [6.45, 7) is 4.80. The van der Waals surface area contributed by atoms with E-state index < -0.39 is 0 Å². The van der Waals surface area contributed by atoms with Crippen molar-refractivity contribution >= 4 is 11.6 Å². The number of H-pyrrole nitrogens is 1. The molecule has 0 radical (unpaired) electrons. The number of aromatic nitrogens is 6. The molecular weight excluding hydrogens is 440 g/mol. The van der Waals surface area contributed by atoms with E-state index in [-0.39, 0.29) is 5.56 Å². The summed E-state index contributed by atoms with van der Waals surface area (Å²) in [5.74, 6) is 2.04. The molecule has 0 unspecified atom stereocenters. The van der Waals surface area contributed by atoms with E-state index >= 15 is 0 Å².